The van der Waals surface area contributed by atoms with E-state index in [1.807, 2.05) is 19.1 Å². The zero-order valence-electron chi connectivity index (χ0n) is 15.2. The van der Waals surface area contributed by atoms with E-state index in [9.17, 15) is 17.6 Å². The number of esters is 1. The maximum Gasteiger partial charge on any atom is 0.343 e. The number of halogens is 1. The number of nitrogens with zero attached hydrogens (tertiary/aromatic N) is 2. The number of nitrogens with one attached hydrogen (secondary N) is 1. The van der Waals surface area contributed by atoms with Gasteiger partial charge in [0.05, 0.1) is 23.4 Å². The number of aromatic nitrogens is 2. The molecule has 0 aliphatic heterocycles. The number of aryl methyl sites for hydroxylation is 1. The quantitative estimate of drug-likeness (QED) is 0.638. The van der Waals surface area contributed by atoms with Crippen LogP contribution in [0.25, 0.3) is 5.69 Å². The summed E-state index contributed by atoms with van der Waals surface area (Å²) in [5.74, 6) is -1.33. The summed E-state index contributed by atoms with van der Waals surface area (Å²) in [5, 5.41) is 4.14. The molecule has 7 nitrogen and oxygen atoms in total. The summed E-state index contributed by atoms with van der Waals surface area (Å²) in [7, 11) is -4.09. The van der Waals surface area contributed by atoms with Crippen molar-refractivity contribution >= 4 is 21.8 Å². The summed E-state index contributed by atoms with van der Waals surface area (Å²) in [6, 6.07) is 11.5. The molecule has 28 heavy (non-hydrogen) atoms. The van der Waals surface area contributed by atoms with Gasteiger partial charge in [0.1, 0.15) is 11.4 Å². The van der Waals surface area contributed by atoms with Gasteiger partial charge in [0.25, 0.3) is 10.0 Å². The maximum atomic E-state index is 13.1. The first kappa shape index (κ1) is 19.6. The van der Waals surface area contributed by atoms with Crippen LogP contribution < -0.4 is 4.72 Å². The van der Waals surface area contributed by atoms with Crippen molar-refractivity contribution < 1.29 is 22.3 Å². The summed E-state index contributed by atoms with van der Waals surface area (Å²) >= 11 is 0. The zero-order chi connectivity index (χ0) is 20.3. The lowest BCUT2D eigenvalue weighted by Crippen LogP contribution is -2.18. The fourth-order valence-electron chi connectivity index (χ4n) is 2.49. The molecule has 0 radical (unpaired) electrons. The van der Waals surface area contributed by atoms with E-state index in [4.69, 9.17) is 4.74 Å². The fourth-order valence-corrected chi connectivity index (χ4v) is 3.55. The molecule has 0 spiro atoms. The van der Waals surface area contributed by atoms with Gasteiger partial charge in [-0.1, -0.05) is 17.7 Å². The first-order valence-electron chi connectivity index (χ1n) is 8.42. The third-order valence-electron chi connectivity index (χ3n) is 3.90. The number of benzene rings is 2. The number of sulfonamides is 1. The minimum atomic E-state index is -4.09. The normalized spacial score (nSPS) is 11.2. The number of hydrogen-bond donors (Lipinski definition) is 1. The van der Waals surface area contributed by atoms with Gasteiger partial charge in [-0.25, -0.2) is 22.3 Å². The molecule has 0 saturated heterocycles. The Labute approximate surface area is 161 Å². The Bertz CT molecular complexity index is 1090. The van der Waals surface area contributed by atoms with Gasteiger partial charge >= 0.3 is 5.97 Å². The molecule has 3 aromatic rings. The lowest BCUT2D eigenvalue weighted by atomic mass is 10.2. The van der Waals surface area contributed by atoms with E-state index < -0.39 is 21.8 Å². The van der Waals surface area contributed by atoms with Crippen LogP contribution in [0.1, 0.15) is 22.8 Å². The van der Waals surface area contributed by atoms with Crippen LogP contribution in [0.5, 0.6) is 0 Å². The van der Waals surface area contributed by atoms with Gasteiger partial charge in [0, 0.05) is 0 Å². The van der Waals surface area contributed by atoms with Crippen molar-refractivity contribution in [2.45, 2.75) is 18.7 Å². The van der Waals surface area contributed by atoms with Crippen molar-refractivity contribution in [1.82, 2.24) is 9.78 Å². The number of ether oxygens (including phenoxy) is 1. The first-order chi connectivity index (χ1) is 13.3. The van der Waals surface area contributed by atoms with Crippen molar-refractivity contribution in [3.8, 4) is 5.69 Å². The molecule has 146 valence electrons. The van der Waals surface area contributed by atoms with Crippen molar-refractivity contribution in [3.63, 3.8) is 0 Å². The molecule has 2 aromatic carbocycles. The Morgan fingerprint density at radius 1 is 1.14 bits per heavy atom. The van der Waals surface area contributed by atoms with Crippen LogP contribution in [-0.4, -0.2) is 30.8 Å². The molecule has 0 aliphatic carbocycles. The SMILES string of the molecule is CCOC(=O)c1cnn(-c2ccc(C)cc2)c1NS(=O)(=O)c1ccc(F)cc1. The molecular weight excluding hydrogens is 385 g/mol. The van der Waals surface area contributed by atoms with Gasteiger partial charge in [-0.15, -0.1) is 0 Å². The summed E-state index contributed by atoms with van der Waals surface area (Å²) in [6.45, 7) is 3.68. The monoisotopic (exact) mass is 403 g/mol. The van der Waals surface area contributed by atoms with E-state index in [-0.39, 0.29) is 22.9 Å². The average Bonchev–Trinajstić information content (AvgIpc) is 3.06. The largest absolute Gasteiger partial charge is 0.462 e. The third kappa shape index (κ3) is 4.04. The standard InChI is InChI=1S/C19H18FN3O4S/c1-3-27-19(24)17-12-21-23(15-8-4-13(2)5-9-15)18(17)22-28(25,26)16-10-6-14(20)7-11-16/h4-12,22H,3H2,1-2H3. The van der Waals surface area contributed by atoms with Gasteiger partial charge in [-0.2, -0.15) is 5.10 Å². The smallest absolute Gasteiger partial charge is 0.343 e. The molecule has 0 amide bonds. The lowest BCUT2D eigenvalue weighted by Gasteiger charge is -2.13. The van der Waals surface area contributed by atoms with Gasteiger partial charge in [0.15, 0.2) is 5.82 Å². The summed E-state index contributed by atoms with van der Waals surface area (Å²) in [6.07, 6.45) is 1.24. The van der Waals surface area contributed by atoms with Gasteiger partial charge in [-0.3, -0.25) is 4.72 Å². The number of rotatable bonds is 6. The van der Waals surface area contributed by atoms with E-state index in [0.29, 0.717) is 5.69 Å². The second-order valence-corrected chi connectivity index (χ2v) is 7.62. The van der Waals surface area contributed by atoms with Crippen LogP contribution in [0.15, 0.2) is 59.6 Å². The van der Waals surface area contributed by atoms with Gasteiger partial charge < -0.3 is 4.74 Å². The summed E-state index contributed by atoms with van der Waals surface area (Å²) in [5.41, 5.74) is 1.53. The van der Waals surface area contributed by atoms with Crippen LogP contribution in [0.4, 0.5) is 10.2 Å². The van der Waals surface area contributed by atoms with E-state index in [1.165, 1.54) is 10.9 Å². The van der Waals surface area contributed by atoms with Gasteiger partial charge in [0.2, 0.25) is 0 Å². The van der Waals surface area contributed by atoms with E-state index >= 15 is 0 Å². The van der Waals surface area contributed by atoms with Crippen molar-refractivity contribution in [3.05, 3.63) is 71.7 Å². The van der Waals surface area contributed by atoms with E-state index in [1.54, 1.807) is 19.1 Å². The summed E-state index contributed by atoms with van der Waals surface area (Å²) < 4.78 is 47.3. The molecule has 0 saturated carbocycles. The van der Waals surface area contributed by atoms with Crippen molar-refractivity contribution in [1.29, 1.82) is 0 Å². The average molecular weight is 403 g/mol. The molecule has 0 aliphatic rings. The Morgan fingerprint density at radius 3 is 2.39 bits per heavy atom. The van der Waals surface area contributed by atoms with Crippen molar-refractivity contribution in [2.75, 3.05) is 11.3 Å². The molecule has 1 N–H and O–H groups in total. The van der Waals surface area contributed by atoms with E-state index in [2.05, 4.69) is 9.82 Å². The fraction of sp³-hybridized carbons (Fsp3) is 0.158. The van der Waals surface area contributed by atoms with Crippen LogP contribution in [0.2, 0.25) is 0 Å². The van der Waals surface area contributed by atoms with Crippen LogP contribution in [-0.2, 0) is 14.8 Å². The molecule has 0 atom stereocenters. The molecule has 1 heterocycles. The van der Waals surface area contributed by atoms with Crippen molar-refractivity contribution in [2.24, 2.45) is 0 Å². The second kappa shape index (κ2) is 7.81. The predicted octanol–water partition coefficient (Wildman–Crippen LogP) is 3.30. The highest BCUT2D eigenvalue weighted by Gasteiger charge is 2.25. The Balaban J connectivity index is 2.08. The van der Waals surface area contributed by atoms with Gasteiger partial charge in [-0.05, 0) is 50.2 Å². The maximum absolute atomic E-state index is 13.1. The molecule has 0 fully saturated rings. The minimum absolute atomic E-state index is 0.0342. The van der Waals surface area contributed by atoms with Crippen LogP contribution in [0, 0.1) is 12.7 Å². The lowest BCUT2D eigenvalue weighted by molar-refractivity contribution is 0.0527. The molecule has 0 bridgehead atoms. The molecule has 3 rings (SSSR count). The summed E-state index contributed by atoms with van der Waals surface area (Å²) in [4.78, 5) is 12.1. The number of anilines is 1. The predicted molar refractivity (Wildman–Crippen MR) is 101 cm³/mol. The number of hydrogen-bond acceptors (Lipinski definition) is 5. The van der Waals surface area contributed by atoms with E-state index in [0.717, 1.165) is 29.8 Å². The topological polar surface area (TPSA) is 90.3 Å². The molecular formula is C19H18FN3O4S. The Kier molecular flexibility index (Phi) is 5.46. The minimum Gasteiger partial charge on any atom is -0.462 e. The second-order valence-electron chi connectivity index (χ2n) is 5.93. The Morgan fingerprint density at radius 2 is 1.79 bits per heavy atom. The highest BCUT2D eigenvalue weighted by molar-refractivity contribution is 7.92. The zero-order valence-corrected chi connectivity index (χ0v) is 16.0. The number of carbonyl (C=O) groups is 1. The third-order valence-corrected chi connectivity index (χ3v) is 5.25. The highest BCUT2D eigenvalue weighted by atomic mass is 32.2. The first-order valence-corrected chi connectivity index (χ1v) is 9.90. The highest BCUT2D eigenvalue weighted by Crippen LogP contribution is 2.25. The molecule has 9 heteroatoms. The number of carbonyl (C=O) groups excluding carboxylic acids is 1. The Hall–Kier alpha value is -3.20. The van der Waals surface area contributed by atoms with Crippen LogP contribution in [0.3, 0.4) is 0 Å². The molecule has 1 aromatic heterocycles. The molecule has 0 unspecified atom stereocenters. The van der Waals surface area contributed by atoms with Crippen LogP contribution >= 0.6 is 0 Å².